The summed E-state index contributed by atoms with van der Waals surface area (Å²) in [7, 11) is -0.231. The third-order valence-corrected chi connectivity index (χ3v) is 14.7. The number of ether oxygens (including phenoxy) is 1. The Kier molecular flexibility index (Phi) is 13.0. The van der Waals surface area contributed by atoms with E-state index in [4.69, 9.17) is 20.8 Å². The first-order valence-corrected chi connectivity index (χ1v) is 19.3. The lowest BCUT2D eigenvalue weighted by atomic mass is 9.74. The second-order valence-corrected chi connectivity index (χ2v) is 19.4. The first-order valence-electron chi connectivity index (χ1n) is 16.0. The lowest BCUT2D eigenvalue weighted by molar-refractivity contribution is -0.0564. The number of urea groups is 1. The number of piperidine rings is 1. The van der Waals surface area contributed by atoms with Crippen molar-refractivity contribution in [1.82, 2.24) is 10.2 Å². The highest BCUT2D eigenvalue weighted by molar-refractivity contribution is 6.74. The van der Waals surface area contributed by atoms with Crippen LogP contribution in [-0.4, -0.2) is 63.8 Å². The van der Waals surface area contributed by atoms with E-state index in [9.17, 15) is 9.90 Å². The van der Waals surface area contributed by atoms with Crippen LogP contribution in [0.1, 0.15) is 97.0 Å². The number of likely N-dealkylation sites (tertiary alicyclic amines) is 1. The third kappa shape index (κ3) is 9.95. The predicted octanol–water partition coefficient (Wildman–Crippen LogP) is 8.13. The van der Waals surface area contributed by atoms with Crippen LogP contribution in [0.15, 0.2) is 24.3 Å². The Bertz CT molecular complexity index is 949. The summed E-state index contributed by atoms with van der Waals surface area (Å²) in [5.41, 5.74) is -0.211. The number of hydrogen-bond donors (Lipinski definition) is 2. The standard InChI is InChI=1S/C33H57ClN2O4Si/c1-32(2,3)41(5,6)40-25-30(22-26-14-8-7-9-15-26)35-31(37)36-20-13-17-28(24-36)33(38,19-10-11-21-39-4)27-16-12-18-29(34)23-27/h12,16,18,23,26,28,30,38H,7-11,13-15,17,19-22,24-25H2,1-6H3,(H,35,37)/t28?,30?,33-/m1/s1. The largest absolute Gasteiger partial charge is 0.415 e. The number of aliphatic hydroxyl groups is 1. The van der Waals surface area contributed by atoms with Gasteiger partial charge in [0.05, 0.1) is 18.2 Å². The van der Waals surface area contributed by atoms with Gasteiger partial charge in [0.1, 0.15) is 0 Å². The molecular formula is C33H57ClN2O4Si. The van der Waals surface area contributed by atoms with E-state index in [1.54, 1.807) is 7.11 Å². The van der Waals surface area contributed by atoms with Gasteiger partial charge in [0.2, 0.25) is 0 Å². The summed E-state index contributed by atoms with van der Waals surface area (Å²) in [6.45, 7) is 13.8. The molecule has 41 heavy (non-hydrogen) atoms. The van der Waals surface area contributed by atoms with Gasteiger partial charge in [-0.2, -0.15) is 0 Å². The van der Waals surface area contributed by atoms with E-state index in [0.717, 1.165) is 37.7 Å². The van der Waals surface area contributed by atoms with Crippen molar-refractivity contribution in [3.8, 4) is 0 Å². The van der Waals surface area contributed by atoms with Crippen molar-refractivity contribution in [1.29, 1.82) is 0 Å². The number of halogens is 1. The maximum Gasteiger partial charge on any atom is 0.317 e. The molecule has 1 heterocycles. The van der Waals surface area contributed by atoms with Crippen LogP contribution in [0.5, 0.6) is 0 Å². The van der Waals surface area contributed by atoms with Gasteiger partial charge in [-0.15, -0.1) is 0 Å². The second kappa shape index (κ2) is 15.6. The highest BCUT2D eigenvalue weighted by Gasteiger charge is 2.42. The molecule has 0 aromatic heterocycles. The van der Waals surface area contributed by atoms with Crippen molar-refractivity contribution in [2.24, 2.45) is 11.8 Å². The molecular weight excluding hydrogens is 552 g/mol. The van der Waals surface area contributed by atoms with Crippen molar-refractivity contribution in [2.45, 2.75) is 121 Å². The topological polar surface area (TPSA) is 71.0 Å². The summed E-state index contributed by atoms with van der Waals surface area (Å²) < 4.78 is 11.9. The van der Waals surface area contributed by atoms with E-state index >= 15 is 0 Å². The highest BCUT2D eigenvalue weighted by atomic mass is 35.5. The molecule has 0 bridgehead atoms. The van der Waals surface area contributed by atoms with Crippen molar-refractivity contribution >= 4 is 25.9 Å². The number of carbonyl (C=O) groups is 1. The third-order valence-electron chi connectivity index (χ3n) is 9.99. The SMILES string of the molecule is COCCCC[C@@](O)(c1cccc(Cl)c1)C1CCCN(C(=O)NC(CO[Si](C)(C)C(C)(C)C)CC2CCCCC2)C1. The second-order valence-electron chi connectivity index (χ2n) is 14.1. The van der Waals surface area contributed by atoms with E-state index in [0.29, 0.717) is 43.7 Å². The Morgan fingerprint density at radius 3 is 2.54 bits per heavy atom. The number of nitrogens with one attached hydrogen (secondary N) is 1. The van der Waals surface area contributed by atoms with Crippen LogP contribution in [0.4, 0.5) is 4.79 Å². The Hall–Kier alpha value is -1.12. The van der Waals surface area contributed by atoms with E-state index in [-0.39, 0.29) is 23.0 Å². The Morgan fingerprint density at radius 2 is 1.88 bits per heavy atom. The van der Waals surface area contributed by atoms with Gasteiger partial charge in [-0.25, -0.2) is 4.79 Å². The van der Waals surface area contributed by atoms with Gasteiger partial charge in [0.15, 0.2) is 8.32 Å². The predicted molar refractivity (Wildman–Crippen MR) is 172 cm³/mol. The van der Waals surface area contributed by atoms with Gasteiger partial charge in [-0.05, 0) is 80.3 Å². The minimum Gasteiger partial charge on any atom is -0.415 e. The van der Waals surface area contributed by atoms with Crippen molar-refractivity contribution in [2.75, 3.05) is 33.4 Å². The number of benzene rings is 1. The molecule has 234 valence electrons. The van der Waals surface area contributed by atoms with Gasteiger partial charge >= 0.3 is 6.03 Å². The average molecular weight is 609 g/mol. The summed E-state index contributed by atoms with van der Waals surface area (Å²) in [6, 6.07) is 7.58. The van der Waals surface area contributed by atoms with Crippen molar-refractivity contribution in [3.05, 3.63) is 34.9 Å². The van der Waals surface area contributed by atoms with E-state index in [1.165, 1.54) is 32.1 Å². The van der Waals surface area contributed by atoms with Gasteiger partial charge in [0.25, 0.3) is 0 Å². The van der Waals surface area contributed by atoms with Gasteiger partial charge < -0.3 is 24.5 Å². The van der Waals surface area contributed by atoms with Crippen molar-refractivity contribution in [3.63, 3.8) is 0 Å². The maximum atomic E-state index is 13.8. The highest BCUT2D eigenvalue weighted by Crippen LogP contribution is 2.41. The Morgan fingerprint density at radius 1 is 1.15 bits per heavy atom. The number of rotatable bonds is 13. The zero-order valence-electron chi connectivity index (χ0n) is 26.6. The number of methoxy groups -OCH3 is 1. The molecule has 0 radical (unpaired) electrons. The van der Waals surface area contributed by atoms with Crippen LogP contribution in [0, 0.1) is 11.8 Å². The molecule has 1 aromatic rings. The molecule has 3 atom stereocenters. The molecule has 2 N–H and O–H groups in total. The number of hydrogen-bond acceptors (Lipinski definition) is 4. The summed E-state index contributed by atoms with van der Waals surface area (Å²) in [5.74, 6) is 0.578. The van der Waals surface area contributed by atoms with Gasteiger partial charge in [-0.1, -0.05) is 76.6 Å². The zero-order chi connectivity index (χ0) is 30.1. The van der Waals surface area contributed by atoms with Gasteiger partial charge in [0, 0.05) is 37.7 Å². The molecule has 8 heteroatoms. The smallest absolute Gasteiger partial charge is 0.317 e. The lowest BCUT2D eigenvalue weighted by Gasteiger charge is -2.43. The summed E-state index contributed by atoms with van der Waals surface area (Å²) in [4.78, 5) is 15.7. The molecule has 1 saturated carbocycles. The van der Waals surface area contributed by atoms with Crippen molar-refractivity contribution < 1.29 is 19.1 Å². The molecule has 3 rings (SSSR count). The van der Waals surface area contributed by atoms with E-state index in [2.05, 4.69) is 39.2 Å². The maximum absolute atomic E-state index is 13.8. The molecule has 2 unspecified atom stereocenters. The molecule has 2 amide bonds. The minimum absolute atomic E-state index is 0.000888. The lowest BCUT2D eigenvalue weighted by Crippen LogP contribution is -2.54. The minimum atomic E-state index is -1.94. The zero-order valence-corrected chi connectivity index (χ0v) is 28.4. The fourth-order valence-electron chi connectivity index (χ4n) is 6.32. The summed E-state index contributed by atoms with van der Waals surface area (Å²) in [5, 5.41) is 16.4. The van der Waals surface area contributed by atoms with Crippen LogP contribution >= 0.6 is 11.6 Å². The molecule has 1 saturated heterocycles. The van der Waals surface area contributed by atoms with Crippen LogP contribution in [0.3, 0.4) is 0 Å². The van der Waals surface area contributed by atoms with E-state index < -0.39 is 13.9 Å². The molecule has 2 fully saturated rings. The number of unbranched alkanes of at least 4 members (excludes halogenated alkanes) is 1. The Labute approximate surface area is 256 Å². The average Bonchev–Trinajstić information content (AvgIpc) is 2.94. The summed E-state index contributed by atoms with van der Waals surface area (Å²) in [6.07, 6.45) is 11.4. The molecule has 6 nitrogen and oxygen atoms in total. The monoisotopic (exact) mass is 608 g/mol. The normalized spacial score (nSPS) is 21.4. The molecule has 0 spiro atoms. The quantitative estimate of drug-likeness (QED) is 0.175. The number of carbonyl (C=O) groups excluding carboxylic acids is 1. The van der Waals surface area contributed by atoms with Crippen LogP contribution < -0.4 is 5.32 Å². The van der Waals surface area contributed by atoms with Crippen LogP contribution in [0.2, 0.25) is 23.2 Å². The molecule has 1 aliphatic heterocycles. The molecule has 2 aliphatic rings. The number of nitrogens with zero attached hydrogens (tertiary/aromatic N) is 1. The fourth-order valence-corrected chi connectivity index (χ4v) is 7.56. The first-order chi connectivity index (χ1) is 19.4. The fraction of sp³-hybridized carbons (Fsp3) is 0.788. The van der Waals surface area contributed by atoms with Crippen LogP contribution in [-0.2, 0) is 14.8 Å². The summed E-state index contributed by atoms with van der Waals surface area (Å²) >= 11 is 6.37. The molecule has 1 aromatic carbocycles. The van der Waals surface area contributed by atoms with E-state index in [1.807, 2.05) is 29.2 Å². The van der Waals surface area contributed by atoms with Crippen LogP contribution in [0.25, 0.3) is 0 Å². The Balaban J connectivity index is 1.73. The van der Waals surface area contributed by atoms with Gasteiger partial charge in [-0.3, -0.25) is 0 Å². The first kappa shape index (κ1) is 34.4. The molecule has 1 aliphatic carbocycles. The number of amides is 2.